The number of carbonyl (C=O) groups is 4. The second-order valence-electron chi connectivity index (χ2n) is 5.10. The normalized spacial score (nSPS) is 28.7. The number of rotatable bonds is 3. The van der Waals surface area contributed by atoms with E-state index in [4.69, 9.17) is 11.5 Å². The molecule has 4 N–H and O–H groups in total. The Bertz CT molecular complexity index is 442. The minimum Gasteiger partial charge on any atom is -0.369 e. The smallest absolute Gasteiger partial charge is 0.291 e. The van der Waals surface area contributed by atoms with E-state index in [0.29, 0.717) is 12.8 Å². The van der Waals surface area contributed by atoms with E-state index in [1.807, 2.05) is 0 Å². The maximum atomic E-state index is 12.0. The van der Waals surface area contributed by atoms with Crippen LogP contribution in [-0.4, -0.2) is 40.5 Å². The Hall–Kier alpha value is -1.92. The van der Waals surface area contributed by atoms with E-state index in [9.17, 15) is 19.2 Å². The van der Waals surface area contributed by atoms with E-state index in [1.165, 1.54) is 4.90 Å². The number of primary amides is 2. The molecule has 2 fully saturated rings. The van der Waals surface area contributed by atoms with Gasteiger partial charge < -0.3 is 16.4 Å². The molecule has 2 aliphatic rings. The van der Waals surface area contributed by atoms with Gasteiger partial charge in [0.2, 0.25) is 17.6 Å². The van der Waals surface area contributed by atoms with Gasteiger partial charge in [-0.3, -0.25) is 19.2 Å². The number of hydrogen-bond acceptors (Lipinski definition) is 4. The quantitative estimate of drug-likeness (QED) is 0.486. The lowest BCUT2D eigenvalue weighted by Gasteiger charge is -2.34. The molecule has 7 heteroatoms. The average Bonchev–Trinajstić information content (AvgIpc) is 2.64. The van der Waals surface area contributed by atoms with Gasteiger partial charge in [0.15, 0.2) is 0 Å². The number of amides is 3. The Morgan fingerprint density at radius 2 is 1.58 bits per heavy atom. The van der Waals surface area contributed by atoms with Gasteiger partial charge in [-0.1, -0.05) is 19.3 Å². The monoisotopic (exact) mass is 267 g/mol. The Morgan fingerprint density at radius 3 is 2.05 bits per heavy atom. The first-order valence-electron chi connectivity index (χ1n) is 6.40. The van der Waals surface area contributed by atoms with E-state index in [0.717, 1.165) is 19.3 Å². The molecule has 0 bridgehead atoms. The first-order chi connectivity index (χ1) is 8.95. The van der Waals surface area contributed by atoms with Crippen LogP contribution in [0.25, 0.3) is 0 Å². The van der Waals surface area contributed by atoms with Crippen molar-refractivity contribution in [2.24, 2.45) is 17.4 Å². The van der Waals surface area contributed by atoms with Gasteiger partial charge in [0.1, 0.15) is 12.0 Å². The van der Waals surface area contributed by atoms with Crippen molar-refractivity contribution >= 4 is 23.5 Å². The number of carbonyl (C=O) groups excluding carboxylic acids is 4. The van der Waals surface area contributed by atoms with Gasteiger partial charge in [-0.05, 0) is 12.8 Å². The summed E-state index contributed by atoms with van der Waals surface area (Å²) in [5.74, 6) is -4.98. The number of nitrogens with zero attached hydrogens (tertiary/aromatic N) is 1. The first kappa shape index (κ1) is 13.5. The van der Waals surface area contributed by atoms with Crippen LogP contribution in [-0.2, 0) is 19.2 Å². The lowest BCUT2D eigenvalue weighted by atomic mass is 9.92. The number of hydrogen-bond donors (Lipinski definition) is 2. The van der Waals surface area contributed by atoms with Gasteiger partial charge in [0.25, 0.3) is 5.91 Å². The molecule has 0 spiro atoms. The van der Waals surface area contributed by atoms with Crippen LogP contribution >= 0.6 is 0 Å². The number of ketones is 1. The van der Waals surface area contributed by atoms with Crippen molar-refractivity contribution in [3.63, 3.8) is 0 Å². The minimum absolute atomic E-state index is 0.202. The molecule has 0 aromatic carbocycles. The number of Topliss-reactive ketones (excluding diaryl/α,β-unsaturated/α-hetero) is 1. The van der Waals surface area contributed by atoms with Crippen LogP contribution in [0.5, 0.6) is 0 Å². The van der Waals surface area contributed by atoms with Crippen molar-refractivity contribution in [2.45, 2.75) is 44.2 Å². The minimum atomic E-state index is -1.44. The molecule has 1 aliphatic carbocycles. The highest BCUT2D eigenvalue weighted by atomic mass is 16.2. The fourth-order valence-electron chi connectivity index (χ4n) is 3.03. The van der Waals surface area contributed by atoms with Crippen molar-refractivity contribution in [3.05, 3.63) is 0 Å². The molecule has 7 nitrogen and oxygen atoms in total. The summed E-state index contributed by atoms with van der Waals surface area (Å²) in [6.45, 7) is 0. The Labute approximate surface area is 110 Å². The summed E-state index contributed by atoms with van der Waals surface area (Å²) in [4.78, 5) is 47.8. The van der Waals surface area contributed by atoms with Crippen molar-refractivity contribution in [1.82, 2.24) is 4.90 Å². The maximum Gasteiger partial charge on any atom is 0.291 e. The molecule has 1 heterocycles. The molecule has 0 aromatic heterocycles. The van der Waals surface area contributed by atoms with Gasteiger partial charge in [-0.2, -0.15) is 0 Å². The van der Waals surface area contributed by atoms with Crippen LogP contribution in [0.1, 0.15) is 32.1 Å². The van der Waals surface area contributed by atoms with Crippen molar-refractivity contribution in [3.8, 4) is 0 Å². The molecule has 1 saturated heterocycles. The zero-order valence-electron chi connectivity index (χ0n) is 10.5. The van der Waals surface area contributed by atoms with Crippen molar-refractivity contribution in [2.75, 3.05) is 0 Å². The molecule has 0 aromatic rings. The summed E-state index contributed by atoms with van der Waals surface area (Å²) in [7, 11) is 0. The highest BCUT2D eigenvalue weighted by molar-refractivity contribution is 6.44. The molecular formula is C12H17N3O4. The molecule has 104 valence electrons. The van der Waals surface area contributed by atoms with E-state index in [2.05, 4.69) is 0 Å². The van der Waals surface area contributed by atoms with Crippen LogP contribution in [0.3, 0.4) is 0 Å². The topological polar surface area (TPSA) is 124 Å². The van der Waals surface area contributed by atoms with Crippen LogP contribution in [0.4, 0.5) is 0 Å². The standard InChI is InChI=1S/C12H17N3O4/c13-10(17)7-8(11(14)18)15(12(19)9(7)16)6-4-2-1-3-5-6/h6-8H,1-5H2,(H2,13,17)(H2,14,18)/t7-,8-/m0/s1. The SMILES string of the molecule is NC(=O)[C@@H]1C(=O)C(=O)N(C2CCCCC2)[C@@H]1C(N)=O. The summed E-state index contributed by atoms with van der Waals surface area (Å²) >= 11 is 0. The molecule has 0 radical (unpaired) electrons. The third kappa shape index (κ3) is 2.20. The predicted molar refractivity (Wildman–Crippen MR) is 64.4 cm³/mol. The fraction of sp³-hybridized carbons (Fsp3) is 0.667. The zero-order chi connectivity index (χ0) is 14.2. The summed E-state index contributed by atoms with van der Waals surface area (Å²) in [5, 5.41) is 0. The number of nitrogens with two attached hydrogens (primary N) is 2. The van der Waals surface area contributed by atoms with Crippen molar-refractivity contribution < 1.29 is 19.2 Å². The van der Waals surface area contributed by atoms with E-state index in [1.54, 1.807) is 0 Å². The second kappa shape index (κ2) is 4.99. The fourth-order valence-corrected chi connectivity index (χ4v) is 3.03. The largest absolute Gasteiger partial charge is 0.369 e. The zero-order valence-corrected chi connectivity index (χ0v) is 10.5. The first-order valence-corrected chi connectivity index (χ1v) is 6.40. The van der Waals surface area contributed by atoms with Gasteiger partial charge in [-0.15, -0.1) is 0 Å². The molecule has 2 atom stereocenters. The van der Waals surface area contributed by atoms with E-state index in [-0.39, 0.29) is 6.04 Å². The highest BCUT2D eigenvalue weighted by Crippen LogP contribution is 2.31. The summed E-state index contributed by atoms with van der Waals surface area (Å²) in [5.41, 5.74) is 10.4. The second-order valence-corrected chi connectivity index (χ2v) is 5.10. The molecule has 3 amide bonds. The predicted octanol–water partition coefficient (Wildman–Crippen LogP) is -1.31. The van der Waals surface area contributed by atoms with Gasteiger partial charge in [-0.25, -0.2) is 0 Å². The average molecular weight is 267 g/mol. The molecule has 0 unspecified atom stereocenters. The van der Waals surface area contributed by atoms with Crippen LogP contribution in [0.2, 0.25) is 0 Å². The summed E-state index contributed by atoms with van der Waals surface area (Å²) in [6, 6.07) is -1.42. The third-order valence-electron chi connectivity index (χ3n) is 3.91. The molecule has 1 saturated carbocycles. The van der Waals surface area contributed by atoms with E-state index < -0.39 is 35.5 Å². The van der Waals surface area contributed by atoms with Gasteiger partial charge in [0.05, 0.1) is 0 Å². The molecule has 1 aliphatic heterocycles. The highest BCUT2D eigenvalue weighted by Gasteiger charge is 2.54. The Morgan fingerprint density at radius 1 is 1.00 bits per heavy atom. The molecule has 2 rings (SSSR count). The van der Waals surface area contributed by atoms with Crippen LogP contribution in [0.15, 0.2) is 0 Å². The van der Waals surface area contributed by atoms with E-state index >= 15 is 0 Å². The van der Waals surface area contributed by atoms with Gasteiger partial charge in [0, 0.05) is 6.04 Å². The van der Waals surface area contributed by atoms with Crippen LogP contribution in [0, 0.1) is 5.92 Å². The maximum absolute atomic E-state index is 12.0. The lowest BCUT2D eigenvalue weighted by Crippen LogP contribution is -2.52. The molecular weight excluding hydrogens is 250 g/mol. The summed E-state index contributed by atoms with van der Waals surface area (Å²) < 4.78 is 0. The van der Waals surface area contributed by atoms with Gasteiger partial charge >= 0.3 is 0 Å². The Kier molecular flexibility index (Phi) is 3.55. The van der Waals surface area contributed by atoms with Crippen molar-refractivity contribution in [1.29, 1.82) is 0 Å². The van der Waals surface area contributed by atoms with Crippen LogP contribution < -0.4 is 11.5 Å². The molecule has 19 heavy (non-hydrogen) atoms. The summed E-state index contributed by atoms with van der Waals surface area (Å²) in [6.07, 6.45) is 4.35. The number of likely N-dealkylation sites (tertiary alicyclic amines) is 1. The lowest BCUT2D eigenvalue weighted by molar-refractivity contribution is -0.143. The third-order valence-corrected chi connectivity index (χ3v) is 3.91. The Balaban J connectivity index is 2.34.